The summed E-state index contributed by atoms with van der Waals surface area (Å²) in [4.78, 5) is 24.2. The zero-order valence-electron chi connectivity index (χ0n) is 14.9. The molecule has 0 atom stereocenters. The summed E-state index contributed by atoms with van der Waals surface area (Å²) in [6.45, 7) is 0.431. The number of hydrogen-bond donors (Lipinski definition) is 2. The lowest BCUT2D eigenvalue weighted by molar-refractivity contribution is -0.345. The molecule has 9 nitrogen and oxygen atoms in total. The molecule has 0 unspecified atom stereocenters. The highest BCUT2D eigenvalue weighted by Crippen LogP contribution is 2.27. The third-order valence-corrected chi connectivity index (χ3v) is 4.02. The Morgan fingerprint density at radius 1 is 1.35 bits per heavy atom. The maximum atomic E-state index is 13.4. The first-order valence-corrected chi connectivity index (χ1v) is 7.84. The molecule has 1 aromatic rings. The SMILES string of the molecule is CON(F)N1NC1=C1N=C(c2ccc(C(=O)N(C)C)cc2)CN(C)C1=N. The van der Waals surface area contributed by atoms with Gasteiger partial charge in [-0.2, -0.15) is 0 Å². The molecule has 0 saturated carbocycles. The Morgan fingerprint density at radius 2 is 2.00 bits per heavy atom. The summed E-state index contributed by atoms with van der Waals surface area (Å²) >= 11 is 0. The Labute approximate surface area is 150 Å². The van der Waals surface area contributed by atoms with Gasteiger partial charge in [-0.05, 0) is 17.7 Å². The van der Waals surface area contributed by atoms with Crippen LogP contribution < -0.4 is 5.43 Å². The predicted molar refractivity (Wildman–Crippen MR) is 93.3 cm³/mol. The van der Waals surface area contributed by atoms with Gasteiger partial charge in [0, 0.05) is 26.7 Å². The Hall–Kier alpha value is -2.98. The lowest BCUT2D eigenvalue weighted by Gasteiger charge is -2.26. The highest BCUT2D eigenvalue weighted by molar-refractivity contribution is 6.11. The first kappa shape index (κ1) is 17.8. The summed E-state index contributed by atoms with van der Waals surface area (Å²) in [5.41, 5.74) is 5.09. The van der Waals surface area contributed by atoms with Crippen LogP contribution in [0.1, 0.15) is 15.9 Å². The van der Waals surface area contributed by atoms with E-state index in [-0.39, 0.29) is 17.1 Å². The van der Waals surface area contributed by atoms with E-state index in [1.165, 1.54) is 12.0 Å². The van der Waals surface area contributed by atoms with Crippen LogP contribution in [0.3, 0.4) is 0 Å². The van der Waals surface area contributed by atoms with Gasteiger partial charge in [-0.1, -0.05) is 16.6 Å². The maximum absolute atomic E-state index is 13.4. The van der Waals surface area contributed by atoms with Crippen LogP contribution in [0.15, 0.2) is 40.8 Å². The minimum absolute atomic E-state index is 0.0149. The molecule has 1 amide bonds. The molecule has 2 N–H and O–H groups in total. The molecule has 0 bridgehead atoms. The lowest BCUT2D eigenvalue weighted by atomic mass is 10.0. The van der Waals surface area contributed by atoms with Crippen molar-refractivity contribution in [2.75, 3.05) is 34.8 Å². The van der Waals surface area contributed by atoms with Crippen molar-refractivity contribution in [2.45, 2.75) is 0 Å². The van der Waals surface area contributed by atoms with E-state index in [2.05, 4.69) is 15.3 Å². The summed E-state index contributed by atoms with van der Waals surface area (Å²) in [5.74, 6) is 0.426. The van der Waals surface area contributed by atoms with Crippen LogP contribution in [-0.4, -0.2) is 72.6 Å². The summed E-state index contributed by atoms with van der Waals surface area (Å²) in [6, 6.07) is 7.11. The topological polar surface area (TPSA) is 97.2 Å². The van der Waals surface area contributed by atoms with Crippen molar-refractivity contribution in [2.24, 2.45) is 4.99 Å². The van der Waals surface area contributed by atoms with E-state index < -0.39 is 0 Å². The molecule has 1 saturated heterocycles. The van der Waals surface area contributed by atoms with Crippen LogP contribution >= 0.6 is 0 Å². The number of rotatable bonds is 4. The van der Waals surface area contributed by atoms with Gasteiger partial charge in [0.2, 0.25) is 0 Å². The lowest BCUT2D eigenvalue weighted by Crippen LogP contribution is -2.37. The second kappa shape index (κ2) is 6.73. The van der Waals surface area contributed by atoms with Crippen LogP contribution in [0.5, 0.6) is 0 Å². The van der Waals surface area contributed by atoms with Gasteiger partial charge in [0.15, 0.2) is 17.4 Å². The van der Waals surface area contributed by atoms with E-state index in [0.717, 1.165) is 10.7 Å². The molecule has 2 aliphatic heterocycles. The number of hydrogen-bond acceptors (Lipinski definition) is 7. The number of nitrogens with zero attached hydrogens (tertiary/aromatic N) is 5. The third-order valence-electron chi connectivity index (χ3n) is 4.02. The van der Waals surface area contributed by atoms with Crippen LogP contribution in [0.4, 0.5) is 4.48 Å². The van der Waals surface area contributed by atoms with Crippen LogP contribution in [0, 0.1) is 5.41 Å². The van der Waals surface area contributed by atoms with Crippen LogP contribution in [0.25, 0.3) is 0 Å². The monoisotopic (exact) mass is 361 g/mol. The zero-order chi connectivity index (χ0) is 19.0. The number of carbonyl (C=O) groups excluding carboxylic acids is 1. The average molecular weight is 361 g/mol. The summed E-state index contributed by atoms with van der Waals surface area (Å²) < 4.78 is 13.4. The van der Waals surface area contributed by atoms with Gasteiger partial charge in [0.1, 0.15) is 5.39 Å². The van der Waals surface area contributed by atoms with Gasteiger partial charge in [-0.25, -0.2) is 4.99 Å². The molecule has 3 rings (SSSR count). The predicted octanol–water partition coefficient (Wildman–Crippen LogP) is 0.752. The minimum atomic E-state index is -0.0794. The van der Waals surface area contributed by atoms with Crippen molar-refractivity contribution in [3.63, 3.8) is 0 Å². The van der Waals surface area contributed by atoms with Crippen molar-refractivity contribution in [1.29, 1.82) is 5.41 Å². The molecule has 0 spiro atoms. The average Bonchev–Trinajstić information content (AvgIpc) is 3.43. The van der Waals surface area contributed by atoms with E-state index >= 15 is 0 Å². The fourth-order valence-electron chi connectivity index (χ4n) is 2.52. The Morgan fingerprint density at radius 3 is 2.58 bits per heavy atom. The van der Waals surface area contributed by atoms with E-state index in [9.17, 15) is 9.28 Å². The molecule has 2 aliphatic rings. The molecule has 1 aromatic carbocycles. The maximum Gasteiger partial charge on any atom is 0.253 e. The first-order valence-electron chi connectivity index (χ1n) is 7.84. The van der Waals surface area contributed by atoms with E-state index in [1.807, 2.05) is 12.1 Å². The quantitative estimate of drug-likeness (QED) is 0.467. The molecular weight excluding hydrogens is 341 g/mol. The Kier molecular flexibility index (Phi) is 4.62. The number of aliphatic imine (C=N–C) groups is 1. The van der Waals surface area contributed by atoms with Crippen molar-refractivity contribution < 1.29 is 14.1 Å². The number of halogens is 1. The van der Waals surface area contributed by atoms with Crippen LogP contribution in [0.2, 0.25) is 0 Å². The van der Waals surface area contributed by atoms with Gasteiger partial charge in [0.05, 0.1) is 19.4 Å². The number of nitrogens with one attached hydrogen (secondary N) is 2. The number of amides is 1. The third kappa shape index (κ3) is 3.24. The van der Waals surface area contributed by atoms with Crippen molar-refractivity contribution >= 4 is 17.5 Å². The number of hydrazine groups is 2. The van der Waals surface area contributed by atoms with Gasteiger partial charge in [-0.15, -0.1) is 5.12 Å². The highest BCUT2D eigenvalue weighted by atomic mass is 19.2. The summed E-state index contributed by atoms with van der Waals surface area (Å²) in [5, 5.41) is 9.18. The number of likely N-dealkylation sites (N-methyl/N-ethyl adjacent to an activating group) is 1. The molecule has 138 valence electrons. The van der Waals surface area contributed by atoms with Gasteiger partial charge >= 0.3 is 0 Å². The zero-order valence-corrected chi connectivity index (χ0v) is 14.9. The van der Waals surface area contributed by atoms with Crippen molar-refractivity contribution in [1.82, 2.24) is 25.7 Å². The molecule has 0 radical (unpaired) electrons. The van der Waals surface area contributed by atoms with Crippen molar-refractivity contribution in [3.8, 4) is 0 Å². The minimum Gasteiger partial charge on any atom is -0.352 e. The van der Waals surface area contributed by atoms with Gasteiger partial charge in [-0.3, -0.25) is 20.5 Å². The Balaban J connectivity index is 1.90. The van der Waals surface area contributed by atoms with E-state index in [4.69, 9.17) is 5.41 Å². The second-order valence-electron chi connectivity index (χ2n) is 6.07. The molecule has 26 heavy (non-hydrogen) atoms. The number of amidine groups is 1. The highest BCUT2D eigenvalue weighted by Gasteiger charge is 2.39. The number of carbonyl (C=O) groups is 1. The second-order valence-corrected chi connectivity index (χ2v) is 6.07. The largest absolute Gasteiger partial charge is 0.352 e. The standard InChI is InChI=1S/C16H20FN7O2/c1-21(2)16(25)11-7-5-10(6-8-11)12-9-22(3)14(18)13(19-12)15-20-23(15)24(17)26-4/h5-8,18,20H,9H2,1-4H3. The van der Waals surface area contributed by atoms with E-state index in [1.54, 1.807) is 38.2 Å². The fourth-order valence-corrected chi connectivity index (χ4v) is 2.52. The van der Waals surface area contributed by atoms with Gasteiger partial charge in [0.25, 0.3) is 5.91 Å². The molecular formula is C16H20FN7O2. The smallest absolute Gasteiger partial charge is 0.253 e. The fraction of sp³-hybridized carbons (Fsp3) is 0.312. The molecule has 0 aromatic heterocycles. The summed E-state index contributed by atoms with van der Waals surface area (Å²) in [7, 11) is 6.34. The summed E-state index contributed by atoms with van der Waals surface area (Å²) in [6.07, 6.45) is 0. The van der Waals surface area contributed by atoms with Crippen molar-refractivity contribution in [3.05, 3.63) is 46.9 Å². The molecule has 0 aliphatic carbocycles. The van der Waals surface area contributed by atoms with Gasteiger partial charge < -0.3 is 9.80 Å². The Bertz CT molecular complexity index is 803. The molecule has 10 heteroatoms. The number of benzene rings is 1. The normalized spacial score (nSPS) is 19.5. The molecule has 1 fully saturated rings. The first-order chi connectivity index (χ1) is 12.3. The molecule has 2 heterocycles. The van der Waals surface area contributed by atoms with Crippen LogP contribution in [-0.2, 0) is 4.84 Å². The van der Waals surface area contributed by atoms with E-state index in [0.29, 0.717) is 29.3 Å².